The lowest BCUT2D eigenvalue weighted by Crippen LogP contribution is -2.54. The summed E-state index contributed by atoms with van der Waals surface area (Å²) < 4.78 is 24.4. The van der Waals surface area contributed by atoms with Gasteiger partial charge in [0.1, 0.15) is 0 Å². The number of hydrogen-bond donors (Lipinski definition) is 0. The van der Waals surface area contributed by atoms with E-state index in [0.717, 1.165) is 18.5 Å². The van der Waals surface area contributed by atoms with Crippen molar-refractivity contribution in [3.63, 3.8) is 0 Å². The van der Waals surface area contributed by atoms with Crippen LogP contribution in [0.2, 0.25) is 0 Å². The van der Waals surface area contributed by atoms with Crippen LogP contribution in [0.15, 0.2) is 18.2 Å². The van der Waals surface area contributed by atoms with Crippen LogP contribution in [-0.4, -0.2) is 56.9 Å². The van der Waals surface area contributed by atoms with E-state index in [0.29, 0.717) is 17.5 Å². The van der Waals surface area contributed by atoms with Crippen molar-refractivity contribution < 1.29 is 13.2 Å². The molecule has 1 amide bonds. The van der Waals surface area contributed by atoms with Gasteiger partial charge in [0, 0.05) is 37.9 Å². The first kappa shape index (κ1) is 16.8. The van der Waals surface area contributed by atoms with Crippen LogP contribution >= 0.6 is 0 Å². The maximum atomic E-state index is 13.0. The maximum absolute atomic E-state index is 13.0. The van der Waals surface area contributed by atoms with E-state index in [2.05, 4.69) is 6.07 Å². The Bertz CT molecular complexity index is 811. The first-order valence-corrected chi connectivity index (χ1v) is 9.80. The first-order valence-electron chi connectivity index (χ1n) is 8.08. The Balaban J connectivity index is 1.95. The molecule has 1 saturated heterocycles. The van der Waals surface area contributed by atoms with E-state index < -0.39 is 15.1 Å². The van der Waals surface area contributed by atoms with Gasteiger partial charge in [-0.25, -0.2) is 8.42 Å². The van der Waals surface area contributed by atoms with E-state index in [-0.39, 0.29) is 24.2 Å². The molecule has 0 bridgehead atoms. The maximum Gasteiger partial charge on any atom is 0.254 e. The minimum atomic E-state index is -3.10. The van der Waals surface area contributed by atoms with Crippen LogP contribution < -0.4 is 4.90 Å². The van der Waals surface area contributed by atoms with Crippen LogP contribution in [0.1, 0.15) is 35.2 Å². The van der Waals surface area contributed by atoms with Gasteiger partial charge in [0.05, 0.1) is 22.6 Å². The second-order valence-corrected chi connectivity index (χ2v) is 9.02. The Morgan fingerprint density at radius 2 is 2.04 bits per heavy atom. The van der Waals surface area contributed by atoms with Gasteiger partial charge in [0.2, 0.25) is 0 Å². The number of rotatable bonds is 2. The molecule has 0 aromatic heterocycles. The van der Waals surface area contributed by atoms with Crippen LogP contribution in [0.4, 0.5) is 5.69 Å². The number of carbonyl (C=O) groups excluding carboxylic acids is 1. The predicted octanol–water partition coefficient (Wildman–Crippen LogP) is 1.42. The SMILES string of the molecule is CN(C)c1cc(C#N)cc(C(=O)N2CCS(=O)(=O)C3CCCC32)c1. The van der Waals surface area contributed by atoms with Gasteiger partial charge in [-0.05, 0) is 37.5 Å². The third kappa shape index (κ3) is 2.86. The molecule has 2 atom stereocenters. The molecule has 128 valence electrons. The van der Waals surface area contributed by atoms with E-state index in [4.69, 9.17) is 0 Å². The van der Waals surface area contributed by atoms with Crippen LogP contribution in [0.3, 0.4) is 0 Å². The Morgan fingerprint density at radius 3 is 2.71 bits per heavy atom. The molecule has 0 radical (unpaired) electrons. The van der Waals surface area contributed by atoms with E-state index in [1.165, 1.54) is 0 Å². The highest BCUT2D eigenvalue weighted by Crippen LogP contribution is 2.34. The Labute approximate surface area is 142 Å². The zero-order valence-corrected chi connectivity index (χ0v) is 14.7. The summed E-state index contributed by atoms with van der Waals surface area (Å²) in [5.74, 6) is -0.153. The number of carbonyl (C=O) groups is 1. The average Bonchev–Trinajstić information content (AvgIpc) is 3.05. The lowest BCUT2D eigenvalue weighted by Gasteiger charge is -2.37. The average molecular weight is 347 g/mol. The normalized spacial score (nSPS) is 25.0. The number of nitrogens with zero attached hydrogens (tertiary/aromatic N) is 3. The summed E-state index contributed by atoms with van der Waals surface area (Å²) in [4.78, 5) is 16.5. The largest absolute Gasteiger partial charge is 0.378 e. The molecular formula is C17H21N3O3S. The fourth-order valence-corrected chi connectivity index (χ4v) is 5.74. The van der Waals surface area contributed by atoms with Crippen molar-refractivity contribution in [2.24, 2.45) is 0 Å². The molecule has 2 unspecified atom stereocenters. The highest BCUT2D eigenvalue weighted by atomic mass is 32.2. The molecular weight excluding hydrogens is 326 g/mol. The molecule has 24 heavy (non-hydrogen) atoms. The second-order valence-electron chi connectivity index (χ2n) is 6.68. The van der Waals surface area contributed by atoms with Gasteiger partial charge in [0.15, 0.2) is 9.84 Å². The monoisotopic (exact) mass is 347 g/mol. The molecule has 2 aliphatic rings. The molecule has 0 spiro atoms. The Hall–Kier alpha value is -2.07. The zero-order valence-electron chi connectivity index (χ0n) is 13.9. The van der Waals surface area contributed by atoms with Gasteiger partial charge < -0.3 is 9.80 Å². The van der Waals surface area contributed by atoms with Crippen molar-refractivity contribution in [2.75, 3.05) is 31.3 Å². The third-order valence-corrected chi connectivity index (χ3v) is 7.19. The zero-order chi connectivity index (χ0) is 17.5. The van der Waals surface area contributed by atoms with Crippen LogP contribution in [0.25, 0.3) is 0 Å². The van der Waals surface area contributed by atoms with Crippen LogP contribution in [0.5, 0.6) is 0 Å². The number of amides is 1. The number of hydrogen-bond acceptors (Lipinski definition) is 5. The van der Waals surface area contributed by atoms with E-state index >= 15 is 0 Å². The van der Waals surface area contributed by atoms with Crippen molar-refractivity contribution in [1.82, 2.24) is 4.90 Å². The van der Waals surface area contributed by atoms with Crippen molar-refractivity contribution in [3.05, 3.63) is 29.3 Å². The Kier molecular flexibility index (Phi) is 4.26. The molecule has 2 fully saturated rings. The summed E-state index contributed by atoms with van der Waals surface area (Å²) in [5.41, 5.74) is 1.66. The summed E-state index contributed by atoms with van der Waals surface area (Å²) in [6.45, 7) is 0.233. The molecule has 1 saturated carbocycles. The van der Waals surface area contributed by atoms with Crippen LogP contribution in [-0.2, 0) is 9.84 Å². The molecule has 1 aromatic carbocycles. The van der Waals surface area contributed by atoms with Gasteiger partial charge in [-0.1, -0.05) is 0 Å². The number of benzene rings is 1. The lowest BCUT2D eigenvalue weighted by molar-refractivity contribution is 0.0687. The topological polar surface area (TPSA) is 81.5 Å². The molecule has 1 heterocycles. The van der Waals surface area contributed by atoms with Gasteiger partial charge in [-0.3, -0.25) is 4.79 Å². The van der Waals surface area contributed by atoms with Gasteiger partial charge >= 0.3 is 0 Å². The number of fused-ring (bicyclic) bond motifs is 1. The second kappa shape index (κ2) is 6.10. The fourth-order valence-electron chi connectivity index (χ4n) is 3.70. The van der Waals surface area contributed by atoms with Crippen molar-refractivity contribution in [2.45, 2.75) is 30.6 Å². The minimum absolute atomic E-state index is 0.0262. The van der Waals surface area contributed by atoms with E-state index in [9.17, 15) is 18.5 Å². The van der Waals surface area contributed by atoms with Gasteiger partial charge in [-0.2, -0.15) is 5.26 Å². The number of nitriles is 1. The Morgan fingerprint density at radius 1 is 1.29 bits per heavy atom. The molecule has 7 heteroatoms. The third-order valence-electron chi connectivity index (χ3n) is 4.97. The van der Waals surface area contributed by atoms with Crippen molar-refractivity contribution in [3.8, 4) is 6.07 Å². The van der Waals surface area contributed by atoms with E-state index in [1.807, 2.05) is 19.0 Å². The molecule has 3 rings (SSSR count). The fraction of sp³-hybridized carbons (Fsp3) is 0.529. The van der Waals surface area contributed by atoms with Crippen molar-refractivity contribution in [1.29, 1.82) is 5.26 Å². The molecule has 0 N–H and O–H groups in total. The molecule has 1 aliphatic heterocycles. The highest BCUT2D eigenvalue weighted by Gasteiger charge is 2.46. The molecule has 1 aromatic rings. The highest BCUT2D eigenvalue weighted by molar-refractivity contribution is 7.92. The number of sulfone groups is 1. The standard InChI is InChI=1S/C17H21N3O3S/c1-19(2)14-9-12(11-18)8-13(10-14)17(21)20-6-7-24(22,23)16-5-3-4-15(16)20/h8-10,15-16H,3-7H2,1-2H3. The summed E-state index contributed by atoms with van der Waals surface area (Å²) in [6, 6.07) is 6.93. The summed E-state index contributed by atoms with van der Waals surface area (Å²) >= 11 is 0. The predicted molar refractivity (Wildman–Crippen MR) is 91.7 cm³/mol. The van der Waals surface area contributed by atoms with Crippen molar-refractivity contribution >= 4 is 21.4 Å². The number of anilines is 1. The summed E-state index contributed by atoms with van der Waals surface area (Å²) in [5, 5.41) is 8.78. The quantitative estimate of drug-likeness (QED) is 0.808. The summed E-state index contributed by atoms with van der Waals surface area (Å²) in [7, 11) is 0.607. The smallest absolute Gasteiger partial charge is 0.254 e. The van der Waals surface area contributed by atoms with Gasteiger partial charge in [0.25, 0.3) is 5.91 Å². The molecule has 6 nitrogen and oxygen atoms in total. The first-order chi connectivity index (χ1) is 11.3. The molecule has 1 aliphatic carbocycles. The van der Waals surface area contributed by atoms with Crippen LogP contribution in [0, 0.1) is 11.3 Å². The summed E-state index contributed by atoms with van der Waals surface area (Å²) in [6.07, 6.45) is 2.20. The minimum Gasteiger partial charge on any atom is -0.378 e. The van der Waals surface area contributed by atoms with E-state index in [1.54, 1.807) is 23.1 Å². The lowest BCUT2D eigenvalue weighted by atomic mass is 10.1. The van der Waals surface area contributed by atoms with Gasteiger partial charge in [-0.15, -0.1) is 0 Å².